The van der Waals surface area contributed by atoms with Gasteiger partial charge in [0, 0.05) is 19.2 Å². The summed E-state index contributed by atoms with van der Waals surface area (Å²) < 4.78 is 13.0. The van der Waals surface area contributed by atoms with Gasteiger partial charge in [0.2, 0.25) is 23.4 Å². The van der Waals surface area contributed by atoms with Gasteiger partial charge in [-0.3, -0.25) is 4.90 Å². The van der Waals surface area contributed by atoms with E-state index in [-0.39, 0.29) is 0 Å². The van der Waals surface area contributed by atoms with Gasteiger partial charge in [0.25, 0.3) is 0 Å². The Morgan fingerprint density at radius 1 is 1.07 bits per heavy atom. The molecular weight excluding hydrogens is 376 g/mol. The van der Waals surface area contributed by atoms with Gasteiger partial charge in [-0.05, 0) is 49.5 Å². The van der Waals surface area contributed by atoms with Gasteiger partial charge in [0.05, 0.1) is 17.1 Å². The van der Waals surface area contributed by atoms with E-state index in [9.17, 15) is 0 Å². The number of hydrogen-bond donors (Lipinski definition) is 0. The second-order valence-corrected chi connectivity index (χ2v) is 7.95. The van der Waals surface area contributed by atoms with E-state index in [1.54, 1.807) is 11.3 Å². The number of rotatable bonds is 5. The van der Waals surface area contributed by atoms with E-state index in [0.29, 0.717) is 30.0 Å². The summed E-state index contributed by atoms with van der Waals surface area (Å²) in [4.78, 5) is 12.5. The van der Waals surface area contributed by atoms with Crippen molar-refractivity contribution < 1.29 is 9.05 Å². The van der Waals surface area contributed by atoms with Crippen molar-refractivity contribution in [3.63, 3.8) is 0 Å². The predicted octanol–water partition coefficient (Wildman–Crippen LogP) is 3.57. The highest BCUT2D eigenvalue weighted by Crippen LogP contribution is 2.29. The fourth-order valence-electron chi connectivity index (χ4n) is 3.55. The van der Waals surface area contributed by atoms with Crippen molar-refractivity contribution in [1.29, 1.82) is 0 Å². The molecule has 9 heteroatoms. The highest BCUT2D eigenvalue weighted by molar-refractivity contribution is 7.13. The van der Waals surface area contributed by atoms with Crippen LogP contribution in [0.15, 0.2) is 44.9 Å². The van der Waals surface area contributed by atoms with Gasteiger partial charge in [0.15, 0.2) is 0 Å². The molecule has 0 saturated carbocycles. The van der Waals surface area contributed by atoms with E-state index in [0.717, 1.165) is 42.4 Å². The second-order valence-electron chi connectivity index (χ2n) is 7.00. The number of hydrogen-bond acceptors (Lipinski definition) is 8. The van der Waals surface area contributed by atoms with Crippen LogP contribution >= 0.6 is 11.3 Å². The average molecular weight is 396 g/mol. The topological polar surface area (TPSA) is 86.0 Å². The van der Waals surface area contributed by atoms with Crippen LogP contribution in [0.5, 0.6) is 0 Å². The SMILES string of the molecule is Cn1cccc1-c1noc(C2CCN(Cc3nc(-c4cccs4)no3)CC2)n1. The molecule has 5 heterocycles. The zero-order valence-electron chi connectivity index (χ0n) is 15.5. The summed E-state index contributed by atoms with van der Waals surface area (Å²) in [5, 5.41) is 10.2. The molecule has 28 heavy (non-hydrogen) atoms. The lowest BCUT2D eigenvalue weighted by Crippen LogP contribution is -2.32. The molecule has 4 aromatic rings. The summed E-state index contributed by atoms with van der Waals surface area (Å²) in [7, 11) is 1.98. The summed E-state index contributed by atoms with van der Waals surface area (Å²) in [5.41, 5.74) is 0.963. The summed E-state index contributed by atoms with van der Waals surface area (Å²) in [6.07, 6.45) is 3.92. The molecule has 144 valence electrons. The first-order valence-electron chi connectivity index (χ1n) is 9.30. The van der Waals surface area contributed by atoms with E-state index >= 15 is 0 Å². The standard InChI is InChI=1S/C19H20N6O2S/c1-24-8-2-4-14(24)17-21-19(27-22-17)13-6-9-25(10-7-13)12-16-20-18(23-26-16)15-5-3-11-28-15/h2-5,8,11,13H,6-7,9-10,12H2,1H3. The van der Waals surface area contributed by atoms with E-state index < -0.39 is 0 Å². The third kappa shape index (κ3) is 3.38. The number of piperidine rings is 1. The van der Waals surface area contributed by atoms with Gasteiger partial charge in [-0.2, -0.15) is 9.97 Å². The van der Waals surface area contributed by atoms with E-state index in [1.165, 1.54) is 0 Å². The Balaban J connectivity index is 1.19. The van der Waals surface area contributed by atoms with Gasteiger partial charge in [0.1, 0.15) is 0 Å². The van der Waals surface area contributed by atoms with Crippen LogP contribution in [-0.4, -0.2) is 42.8 Å². The predicted molar refractivity (Wildman–Crippen MR) is 104 cm³/mol. The van der Waals surface area contributed by atoms with Crippen LogP contribution in [0.25, 0.3) is 22.2 Å². The molecule has 0 radical (unpaired) electrons. The van der Waals surface area contributed by atoms with Gasteiger partial charge < -0.3 is 13.6 Å². The number of aromatic nitrogens is 5. The van der Waals surface area contributed by atoms with Crippen LogP contribution in [0, 0.1) is 0 Å². The third-order valence-corrected chi connectivity index (χ3v) is 5.99. The second kappa shape index (κ2) is 7.33. The minimum absolute atomic E-state index is 0.294. The van der Waals surface area contributed by atoms with Crippen molar-refractivity contribution in [2.24, 2.45) is 7.05 Å². The van der Waals surface area contributed by atoms with Gasteiger partial charge in [-0.25, -0.2) is 0 Å². The van der Waals surface area contributed by atoms with Crippen molar-refractivity contribution in [3.05, 3.63) is 47.6 Å². The van der Waals surface area contributed by atoms with Crippen LogP contribution < -0.4 is 0 Å². The number of aryl methyl sites for hydroxylation is 1. The monoisotopic (exact) mass is 396 g/mol. The highest BCUT2D eigenvalue weighted by atomic mass is 32.1. The normalized spacial score (nSPS) is 16.0. The molecule has 5 rings (SSSR count). The molecule has 1 aliphatic heterocycles. The maximum atomic E-state index is 5.55. The fraction of sp³-hybridized carbons (Fsp3) is 0.368. The minimum Gasteiger partial charge on any atom is -0.348 e. The van der Waals surface area contributed by atoms with Crippen molar-refractivity contribution in [2.45, 2.75) is 25.3 Å². The van der Waals surface area contributed by atoms with Crippen LogP contribution in [0.4, 0.5) is 0 Å². The lowest BCUT2D eigenvalue weighted by atomic mass is 9.97. The Bertz CT molecular complexity index is 1040. The molecular formula is C19H20N6O2S. The maximum Gasteiger partial charge on any atom is 0.241 e. The maximum absolute atomic E-state index is 5.55. The van der Waals surface area contributed by atoms with Crippen molar-refractivity contribution >= 4 is 11.3 Å². The number of thiophene rings is 1. The molecule has 8 nitrogen and oxygen atoms in total. The Labute approximate surface area is 165 Å². The number of nitrogens with zero attached hydrogens (tertiary/aromatic N) is 6. The Kier molecular flexibility index (Phi) is 4.53. The van der Waals surface area contributed by atoms with Crippen LogP contribution in [0.3, 0.4) is 0 Å². The van der Waals surface area contributed by atoms with Gasteiger partial charge >= 0.3 is 0 Å². The quantitative estimate of drug-likeness (QED) is 0.510. The first-order chi connectivity index (χ1) is 13.8. The fourth-order valence-corrected chi connectivity index (χ4v) is 4.20. The molecule has 1 saturated heterocycles. The molecule has 1 fully saturated rings. The average Bonchev–Trinajstić information content (AvgIpc) is 3.49. The first-order valence-corrected chi connectivity index (χ1v) is 10.2. The highest BCUT2D eigenvalue weighted by Gasteiger charge is 2.26. The van der Waals surface area contributed by atoms with E-state index in [4.69, 9.17) is 9.05 Å². The lowest BCUT2D eigenvalue weighted by molar-refractivity contribution is 0.168. The Morgan fingerprint density at radius 2 is 1.93 bits per heavy atom. The largest absolute Gasteiger partial charge is 0.348 e. The number of likely N-dealkylation sites (tertiary alicyclic amines) is 1. The van der Waals surface area contributed by atoms with Gasteiger partial charge in [-0.15, -0.1) is 11.3 Å². The first kappa shape index (κ1) is 17.3. The summed E-state index contributed by atoms with van der Waals surface area (Å²) >= 11 is 1.61. The summed E-state index contributed by atoms with van der Waals surface area (Å²) in [6.45, 7) is 2.54. The molecule has 0 amide bonds. The smallest absolute Gasteiger partial charge is 0.241 e. The molecule has 0 aromatic carbocycles. The molecule has 0 N–H and O–H groups in total. The molecule has 4 aromatic heterocycles. The lowest BCUT2D eigenvalue weighted by Gasteiger charge is -2.28. The third-order valence-electron chi connectivity index (χ3n) is 5.12. The molecule has 0 spiro atoms. The van der Waals surface area contributed by atoms with Crippen LogP contribution in [0.1, 0.15) is 30.5 Å². The zero-order valence-corrected chi connectivity index (χ0v) is 16.3. The molecule has 0 aliphatic carbocycles. The molecule has 0 unspecified atom stereocenters. The molecule has 1 aliphatic rings. The van der Waals surface area contributed by atoms with Crippen LogP contribution in [0.2, 0.25) is 0 Å². The Hall–Kier alpha value is -2.78. The van der Waals surface area contributed by atoms with Crippen molar-refractivity contribution in [3.8, 4) is 22.2 Å². The molecule has 0 bridgehead atoms. The zero-order chi connectivity index (χ0) is 18.9. The summed E-state index contributed by atoms with van der Waals surface area (Å²) in [6, 6.07) is 7.96. The van der Waals surface area contributed by atoms with Crippen molar-refractivity contribution in [2.75, 3.05) is 13.1 Å². The van der Waals surface area contributed by atoms with Crippen LogP contribution in [-0.2, 0) is 13.6 Å². The Morgan fingerprint density at radius 3 is 2.68 bits per heavy atom. The van der Waals surface area contributed by atoms with Gasteiger partial charge in [-0.1, -0.05) is 16.4 Å². The minimum atomic E-state index is 0.294. The van der Waals surface area contributed by atoms with E-state index in [2.05, 4.69) is 25.2 Å². The van der Waals surface area contributed by atoms with Crippen molar-refractivity contribution in [1.82, 2.24) is 29.7 Å². The molecule has 0 atom stereocenters. The van der Waals surface area contributed by atoms with E-state index in [1.807, 2.05) is 47.5 Å². The summed E-state index contributed by atoms with van der Waals surface area (Å²) in [5.74, 6) is 3.00.